The number of hydrogen-bond acceptors (Lipinski definition) is 2. The van der Waals surface area contributed by atoms with Crippen LogP contribution in [0.4, 0.5) is 10.2 Å². The van der Waals surface area contributed by atoms with E-state index < -0.39 is 0 Å². The number of para-hydroxylation sites is 1. The van der Waals surface area contributed by atoms with Gasteiger partial charge in [-0.05, 0) is 42.8 Å². The summed E-state index contributed by atoms with van der Waals surface area (Å²) in [5.41, 5.74) is 1.86. The summed E-state index contributed by atoms with van der Waals surface area (Å²) in [6, 6.07) is 11.6. The van der Waals surface area contributed by atoms with Gasteiger partial charge in [0, 0.05) is 10.9 Å². The quantitative estimate of drug-likeness (QED) is 0.750. The van der Waals surface area contributed by atoms with Crippen LogP contribution < -0.4 is 5.32 Å². The molecule has 2 aromatic carbocycles. The molecule has 4 nitrogen and oxygen atoms in total. The number of halogens is 1. The smallest absolute Gasteiger partial charge is 0.257 e. The number of anilines is 1. The van der Waals surface area contributed by atoms with Gasteiger partial charge >= 0.3 is 0 Å². The van der Waals surface area contributed by atoms with Crippen LogP contribution in [0.25, 0.3) is 10.9 Å². The van der Waals surface area contributed by atoms with Gasteiger partial charge in [0.15, 0.2) is 5.82 Å². The second-order valence-corrected chi connectivity index (χ2v) is 4.53. The number of benzene rings is 2. The van der Waals surface area contributed by atoms with Crippen LogP contribution in [0.2, 0.25) is 0 Å². The Morgan fingerprint density at radius 2 is 2.05 bits per heavy atom. The summed E-state index contributed by atoms with van der Waals surface area (Å²) in [4.78, 5) is 12.2. The molecule has 0 fully saturated rings. The first-order valence-electron chi connectivity index (χ1n) is 6.16. The van der Waals surface area contributed by atoms with Crippen LogP contribution in [0.1, 0.15) is 15.9 Å². The van der Waals surface area contributed by atoms with E-state index in [4.69, 9.17) is 0 Å². The Morgan fingerprint density at radius 3 is 2.85 bits per heavy atom. The monoisotopic (exact) mass is 269 g/mol. The fraction of sp³-hybridized carbons (Fsp3) is 0.0667. The lowest BCUT2D eigenvalue weighted by molar-refractivity contribution is 0.102. The van der Waals surface area contributed by atoms with E-state index in [1.807, 2.05) is 24.3 Å². The minimum Gasteiger partial charge on any atom is -0.305 e. The van der Waals surface area contributed by atoms with Crippen LogP contribution in [0.5, 0.6) is 0 Å². The molecule has 0 aliphatic heterocycles. The highest BCUT2D eigenvalue weighted by atomic mass is 19.1. The van der Waals surface area contributed by atoms with Crippen LogP contribution >= 0.6 is 0 Å². The minimum absolute atomic E-state index is 0.306. The highest BCUT2D eigenvalue weighted by Gasteiger charge is 2.13. The largest absolute Gasteiger partial charge is 0.305 e. The molecule has 3 rings (SSSR count). The summed E-state index contributed by atoms with van der Waals surface area (Å²) in [5.74, 6) is -0.196. The van der Waals surface area contributed by atoms with Crippen LogP contribution in [0, 0.1) is 12.7 Å². The first-order chi connectivity index (χ1) is 9.65. The number of hydrogen-bond donors (Lipinski definition) is 2. The Hall–Kier alpha value is -2.69. The molecule has 0 saturated carbocycles. The van der Waals surface area contributed by atoms with E-state index in [-0.39, 0.29) is 11.7 Å². The predicted molar refractivity (Wildman–Crippen MR) is 75.2 cm³/mol. The van der Waals surface area contributed by atoms with Crippen LogP contribution in [-0.2, 0) is 0 Å². The maximum absolute atomic E-state index is 13.0. The van der Waals surface area contributed by atoms with Gasteiger partial charge in [-0.2, -0.15) is 5.10 Å². The number of fused-ring (bicyclic) bond motifs is 1. The topological polar surface area (TPSA) is 57.8 Å². The molecule has 1 heterocycles. The highest BCUT2D eigenvalue weighted by Crippen LogP contribution is 2.20. The van der Waals surface area contributed by atoms with E-state index in [2.05, 4.69) is 15.5 Å². The van der Waals surface area contributed by atoms with E-state index in [9.17, 15) is 9.18 Å². The van der Waals surface area contributed by atoms with Crippen molar-refractivity contribution < 1.29 is 9.18 Å². The molecular weight excluding hydrogens is 257 g/mol. The number of nitrogens with one attached hydrogen (secondary N) is 2. The molecule has 3 aromatic rings. The summed E-state index contributed by atoms with van der Waals surface area (Å²) in [6.07, 6.45) is 0. The first-order valence-corrected chi connectivity index (χ1v) is 6.16. The Kier molecular flexibility index (Phi) is 2.95. The van der Waals surface area contributed by atoms with Gasteiger partial charge in [0.2, 0.25) is 0 Å². The van der Waals surface area contributed by atoms with Crippen molar-refractivity contribution >= 4 is 22.6 Å². The summed E-state index contributed by atoms with van der Waals surface area (Å²) >= 11 is 0. The highest BCUT2D eigenvalue weighted by molar-refractivity contribution is 6.08. The number of aromatic amines is 1. The third kappa shape index (κ3) is 2.14. The predicted octanol–water partition coefficient (Wildman–Crippen LogP) is 3.26. The molecule has 0 bridgehead atoms. The zero-order chi connectivity index (χ0) is 14.1. The lowest BCUT2D eigenvalue weighted by Gasteiger charge is -2.06. The second kappa shape index (κ2) is 4.77. The Labute approximate surface area is 114 Å². The zero-order valence-electron chi connectivity index (χ0n) is 10.8. The van der Waals surface area contributed by atoms with Gasteiger partial charge in [0.05, 0.1) is 5.52 Å². The number of carbonyl (C=O) groups excluding carboxylic acids is 1. The van der Waals surface area contributed by atoms with Gasteiger partial charge in [-0.3, -0.25) is 9.89 Å². The number of rotatable bonds is 2. The fourth-order valence-corrected chi connectivity index (χ4v) is 2.12. The molecule has 0 aliphatic carbocycles. The average Bonchev–Trinajstić information content (AvgIpc) is 2.82. The normalized spacial score (nSPS) is 10.7. The maximum Gasteiger partial charge on any atom is 0.257 e. The number of aryl methyl sites for hydroxylation is 1. The first kappa shape index (κ1) is 12.3. The molecule has 1 amide bonds. The summed E-state index contributed by atoms with van der Waals surface area (Å²) in [7, 11) is 0. The van der Waals surface area contributed by atoms with Crippen molar-refractivity contribution in [2.75, 3.05) is 5.32 Å². The van der Waals surface area contributed by atoms with Crippen molar-refractivity contribution in [2.24, 2.45) is 0 Å². The van der Waals surface area contributed by atoms with Gasteiger partial charge in [0.1, 0.15) is 5.82 Å². The zero-order valence-corrected chi connectivity index (χ0v) is 10.8. The SMILES string of the molecule is Cc1cc(F)ccc1C(=O)Nc1n[nH]c2ccccc12. The fourth-order valence-electron chi connectivity index (χ4n) is 2.12. The van der Waals surface area contributed by atoms with E-state index in [0.29, 0.717) is 16.9 Å². The Morgan fingerprint density at radius 1 is 1.25 bits per heavy atom. The molecule has 1 aromatic heterocycles. The number of H-pyrrole nitrogens is 1. The number of carbonyl (C=O) groups is 1. The molecule has 100 valence electrons. The van der Waals surface area contributed by atoms with Gasteiger partial charge < -0.3 is 5.32 Å². The molecule has 0 saturated heterocycles. The van der Waals surface area contributed by atoms with Crippen molar-refractivity contribution in [2.45, 2.75) is 6.92 Å². The standard InChI is InChI=1S/C15H12FN3O/c1-9-8-10(16)6-7-11(9)15(20)17-14-12-4-2-3-5-13(12)18-19-14/h2-8H,1H3,(H2,17,18,19,20). The third-order valence-corrected chi connectivity index (χ3v) is 3.14. The lowest BCUT2D eigenvalue weighted by atomic mass is 10.1. The van der Waals surface area contributed by atoms with Crippen molar-refractivity contribution in [3.63, 3.8) is 0 Å². The average molecular weight is 269 g/mol. The molecule has 0 atom stereocenters. The van der Waals surface area contributed by atoms with Crippen LogP contribution in [-0.4, -0.2) is 16.1 Å². The summed E-state index contributed by atoms with van der Waals surface area (Å²) in [5, 5.41) is 10.5. The lowest BCUT2D eigenvalue weighted by Crippen LogP contribution is -2.14. The number of amides is 1. The van der Waals surface area contributed by atoms with Crippen LogP contribution in [0.15, 0.2) is 42.5 Å². The Bertz CT molecular complexity index is 795. The summed E-state index contributed by atoms with van der Waals surface area (Å²) in [6.45, 7) is 1.70. The second-order valence-electron chi connectivity index (χ2n) is 4.53. The van der Waals surface area contributed by atoms with Crippen molar-refractivity contribution in [3.05, 3.63) is 59.4 Å². The van der Waals surface area contributed by atoms with Crippen molar-refractivity contribution in [1.29, 1.82) is 0 Å². The van der Waals surface area contributed by atoms with Gasteiger partial charge in [0.25, 0.3) is 5.91 Å². The van der Waals surface area contributed by atoms with Crippen molar-refractivity contribution in [3.8, 4) is 0 Å². The molecule has 0 spiro atoms. The molecule has 20 heavy (non-hydrogen) atoms. The molecule has 2 N–H and O–H groups in total. The number of aromatic nitrogens is 2. The minimum atomic E-state index is -0.357. The van der Waals surface area contributed by atoms with Gasteiger partial charge in [-0.1, -0.05) is 12.1 Å². The van der Waals surface area contributed by atoms with E-state index in [0.717, 1.165) is 10.9 Å². The summed E-state index contributed by atoms with van der Waals surface area (Å²) < 4.78 is 13.0. The molecule has 0 radical (unpaired) electrons. The molecule has 0 unspecified atom stereocenters. The maximum atomic E-state index is 13.0. The number of nitrogens with zero attached hydrogens (tertiary/aromatic N) is 1. The van der Waals surface area contributed by atoms with Gasteiger partial charge in [-0.15, -0.1) is 0 Å². The van der Waals surface area contributed by atoms with E-state index >= 15 is 0 Å². The van der Waals surface area contributed by atoms with Crippen molar-refractivity contribution in [1.82, 2.24) is 10.2 Å². The van der Waals surface area contributed by atoms with E-state index in [1.165, 1.54) is 18.2 Å². The molecule has 0 aliphatic rings. The van der Waals surface area contributed by atoms with Crippen LogP contribution in [0.3, 0.4) is 0 Å². The van der Waals surface area contributed by atoms with E-state index in [1.54, 1.807) is 6.92 Å². The third-order valence-electron chi connectivity index (χ3n) is 3.14. The Balaban J connectivity index is 1.92. The molecule has 5 heteroatoms. The van der Waals surface area contributed by atoms with Gasteiger partial charge in [-0.25, -0.2) is 4.39 Å². The molecular formula is C15H12FN3O.